The number of halogens is 1. The normalized spacial score (nSPS) is 11.4. The molecule has 1 aromatic heterocycles. The smallest absolute Gasteiger partial charge is 0.119 e. The fraction of sp³-hybridized carbons (Fsp3) is 0.312. The maximum atomic E-state index is 6.03. The summed E-state index contributed by atoms with van der Waals surface area (Å²) in [5, 5.41) is 0.633. The highest BCUT2D eigenvalue weighted by molar-refractivity contribution is 6.31. The van der Waals surface area contributed by atoms with E-state index >= 15 is 0 Å². The van der Waals surface area contributed by atoms with Crippen LogP contribution in [0.25, 0.3) is 0 Å². The van der Waals surface area contributed by atoms with E-state index in [0.717, 1.165) is 11.3 Å². The van der Waals surface area contributed by atoms with Crippen LogP contribution in [0.2, 0.25) is 5.02 Å². The minimum atomic E-state index is 0.160. The molecule has 2 aromatic rings. The Morgan fingerprint density at radius 1 is 1.11 bits per heavy atom. The second kappa shape index (κ2) is 5.62. The van der Waals surface area contributed by atoms with Crippen LogP contribution in [0.4, 0.5) is 0 Å². The molecule has 0 bridgehead atoms. The number of hydrogen-bond acceptors (Lipinski definition) is 2. The van der Waals surface area contributed by atoms with Gasteiger partial charge in [0.1, 0.15) is 12.4 Å². The van der Waals surface area contributed by atoms with Gasteiger partial charge in [0, 0.05) is 18.0 Å². The monoisotopic (exact) mass is 275 g/mol. The topological polar surface area (TPSA) is 22.1 Å². The molecule has 0 amide bonds. The van der Waals surface area contributed by atoms with Crippen molar-refractivity contribution in [1.82, 2.24) is 4.98 Å². The molecule has 0 atom stereocenters. The molecule has 0 fully saturated rings. The molecule has 19 heavy (non-hydrogen) atoms. The van der Waals surface area contributed by atoms with Crippen molar-refractivity contribution >= 4 is 11.6 Å². The zero-order chi connectivity index (χ0) is 13.9. The Morgan fingerprint density at radius 2 is 1.79 bits per heavy atom. The van der Waals surface area contributed by atoms with Crippen molar-refractivity contribution in [3.05, 3.63) is 58.9 Å². The standard InChI is InChI=1S/C16H18ClNO/c1-16(2,3)13-4-6-14(7-5-13)19-11-12-8-9-18-10-15(12)17/h4-10H,11H2,1-3H3. The predicted octanol–water partition coefficient (Wildman–Crippen LogP) is 4.61. The summed E-state index contributed by atoms with van der Waals surface area (Å²) in [6.45, 7) is 7.04. The van der Waals surface area contributed by atoms with Crippen molar-refractivity contribution in [2.75, 3.05) is 0 Å². The highest BCUT2D eigenvalue weighted by atomic mass is 35.5. The van der Waals surface area contributed by atoms with E-state index in [9.17, 15) is 0 Å². The van der Waals surface area contributed by atoms with Gasteiger partial charge in [0.05, 0.1) is 5.02 Å². The molecular formula is C16H18ClNO. The zero-order valence-corrected chi connectivity index (χ0v) is 12.2. The quantitative estimate of drug-likeness (QED) is 0.816. The first kappa shape index (κ1) is 13.9. The number of aromatic nitrogens is 1. The zero-order valence-electron chi connectivity index (χ0n) is 11.5. The van der Waals surface area contributed by atoms with Crippen molar-refractivity contribution in [2.24, 2.45) is 0 Å². The van der Waals surface area contributed by atoms with Crippen LogP contribution in [0.3, 0.4) is 0 Å². The first-order valence-corrected chi connectivity index (χ1v) is 6.66. The second-order valence-corrected chi connectivity index (χ2v) is 5.94. The molecule has 0 aliphatic heterocycles. The Bertz CT molecular complexity index is 543. The van der Waals surface area contributed by atoms with Crippen molar-refractivity contribution in [3.8, 4) is 5.75 Å². The first-order valence-electron chi connectivity index (χ1n) is 6.28. The van der Waals surface area contributed by atoms with Crippen LogP contribution in [0.5, 0.6) is 5.75 Å². The summed E-state index contributed by atoms with van der Waals surface area (Å²) >= 11 is 6.03. The molecule has 0 radical (unpaired) electrons. The van der Waals surface area contributed by atoms with Gasteiger partial charge < -0.3 is 4.74 Å². The van der Waals surface area contributed by atoms with E-state index in [2.05, 4.69) is 37.9 Å². The number of nitrogens with zero attached hydrogens (tertiary/aromatic N) is 1. The highest BCUT2D eigenvalue weighted by Gasteiger charge is 2.13. The fourth-order valence-electron chi connectivity index (χ4n) is 1.73. The maximum Gasteiger partial charge on any atom is 0.119 e. The minimum absolute atomic E-state index is 0.160. The third-order valence-electron chi connectivity index (χ3n) is 2.97. The van der Waals surface area contributed by atoms with Crippen molar-refractivity contribution in [2.45, 2.75) is 32.8 Å². The van der Waals surface area contributed by atoms with Gasteiger partial charge in [-0.1, -0.05) is 44.5 Å². The number of rotatable bonds is 3. The van der Waals surface area contributed by atoms with E-state index < -0.39 is 0 Å². The van der Waals surface area contributed by atoms with Gasteiger partial charge in [0.25, 0.3) is 0 Å². The van der Waals surface area contributed by atoms with Gasteiger partial charge in [-0.05, 0) is 29.2 Å². The minimum Gasteiger partial charge on any atom is -0.489 e. The van der Waals surface area contributed by atoms with Crippen LogP contribution in [0, 0.1) is 0 Å². The maximum absolute atomic E-state index is 6.03. The summed E-state index contributed by atoms with van der Waals surface area (Å²) in [7, 11) is 0. The Balaban J connectivity index is 2.03. The molecule has 0 spiro atoms. The third kappa shape index (κ3) is 3.71. The van der Waals surface area contributed by atoms with Crippen molar-refractivity contribution in [3.63, 3.8) is 0 Å². The van der Waals surface area contributed by atoms with E-state index in [1.54, 1.807) is 12.4 Å². The van der Waals surface area contributed by atoms with Gasteiger partial charge >= 0.3 is 0 Å². The van der Waals surface area contributed by atoms with Gasteiger partial charge in [0.15, 0.2) is 0 Å². The molecule has 0 saturated heterocycles. The largest absolute Gasteiger partial charge is 0.489 e. The molecule has 0 aliphatic rings. The number of pyridine rings is 1. The van der Waals surface area contributed by atoms with Gasteiger partial charge in [-0.3, -0.25) is 4.98 Å². The Kier molecular flexibility index (Phi) is 4.11. The Labute approximate surface area is 119 Å². The Morgan fingerprint density at radius 3 is 2.37 bits per heavy atom. The van der Waals surface area contributed by atoms with Crippen molar-refractivity contribution in [1.29, 1.82) is 0 Å². The summed E-state index contributed by atoms with van der Waals surface area (Å²) in [4.78, 5) is 3.95. The number of ether oxygens (including phenoxy) is 1. The van der Waals surface area contributed by atoms with Crippen molar-refractivity contribution < 1.29 is 4.74 Å². The summed E-state index contributed by atoms with van der Waals surface area (Å²) in [5.41, 5.74) is 2.39. The molecule has 3 heteroatoms. The van der Waals surface area contributed by atoms with E-state index in [1.807, 2.05) is 18.2 Å². The van der Waals surface area contributed by atoms with Gasteiger partial charge in [-0.15, -0.1) is 0 Å². The number of benzene rings is 1. The van der Waals surface area contributed by atoms with E-state index in [0.29, 0.717) is 11.6 Å². The van der Waals surface area contributed by atoms with E-state index in [1.165, 1.54) is 5.56 Å². The predicted molar refractivity (Wildman–Crippen MR) is 78.7 cm³/mol. The molecule has 0 N–H and O–H groups in total. The van der Waals surface area contributed by atoms with Crippen LogP contribution in [-0.2, 0) is 12.0 Å². The van der Waals surface area contributed by atoms with Crippen LogP contribution >= 0.6 is 11.6 Å². The second-order valence-electron chi connectivity index (χ2n) is 5.53. The first-order chi connectivity index (χ1) is 8.97. The summed E-state index contributed by atoms with van der Waals surface area (Å²) in [5.74, 6) is 0.848. The van der Waals surface area contributed by atoms with Gasteiger partial charge in [0.2, 0.25) is 0 Å². The average molecular weight is 276 g/mol. The van der Waals surface area contributed by atoms with Crippen LogP contribution < -0.4 is 4.74 Å². The van der Waals surface area contributed by atoms with Crippen LogP contribution in [0.15, 0.2) is 42.7 Å². The SMILES string of the molecule is CC(C)(C)c1ccc(OCc2ccncc2Cl)cc1. The van der Waals surface area contributed by atoms with E-state index in [4.69, 9.17) is 16.3 Å². The fourth-order valence-corrected chi connectivity index (χ4v) is 1.91. The molecule has 0 aliphatic carbocycles. The number of hydrogen-bond donors (Lipinski definition) is 0. The molecule has 2 rings (SSSR count). The lowest BCUT2D eigenvalue weighted by Gasteiger charge is -2.19. The molecule has 1 aromatic carbocycles. The summed E-state index contributed by atoms with van der Waals surface area (Å²) in [6.07, 6.45) is 3.34. The summed E-state index contributed by atoms with van der Waals surface area (Å²) in [6, 6.07) is 10.1. The van der Waals surface area contributed by atoms with Gasteiger partial charge in [-0.2, -0.15) is 0 Å². The molecule has 0 saturated carbocycles. The highest BCUT2D eigenvalue weighted by Crippen LogP contribution is 2.25. The molecule has 100 valence electrons. The van der Waals surface area contributed by atoms with Crippen LogP contribution in [0.1, 0.15) is 31.9 Å². The van der Waals surface area contributed by atoms with Crippen LogP contribution in [-0.4, -0.2) is 4.98 Å². The molecule has 1 heterocycles. The lowest BCUT2D eigenvalue weighted by molar-refractivity contribution is 0.306. The lowest BCUT2D eigenvalue weighted by Crippen LogP contribution is -2.10. The Hall–Kier alpha value is -1.54. The molecular weight excluding hydrogens is 258 g/mol. The molecule has 0 unspecified atom stereocenters. The lowest BCUT2D eigenvalue weighted by atomic mass is 9.87. The average Bonchev–Trinajstić information content (AvgIpc) is 2.37. The van der Waals surface area contributed by atoms with E-state index in [-0.39, 0.29) is 5.41 Å². The third-order valence-corrected chi connectivity index (χ3v) is 3.31. The summed E-state index contributed by atoms with van der Waals surface area (Å²) < 4.78 is 5.73. The van der Waals surface area contributed by atoms with Gasteiger partial charge in [-0.25, -0.2) is 0 Å². The molecule has 2 nitrogen and oxygen atoms in total.